The Kier molecular flexibility index (Phi) is 2.36. The Labute approximate surface area is 88.9 Å². The molecule has 1 heterocycles. The Morgan fingerprint density at radius 3 is 2.71 bits per heavy atom. The molecule has 2 aromatic rings. The van der Waals surface area contributed by atoms with Crippen LogP contribution in [0.1, 0.15) is 12.0 Å². The molecule has 0 fully saturated rings. The van der Waals surface area contributed by atoms with Gasteiger partial charge in [0.15, 0.2) is 0 Å². The fourth-order valence-corrected chi connectivity index (χ4v) is 2.76. The molecule has 1 aromatic heterocycles. The number of nitrogens with two attached hydrogens (primary N) is 1. The van der Waals surface area contributed by atoms with Crippen molar-refractivity contribution in [3.8, 4) is 0 Å². The molecule has 0 bridgehead atoms. The lowest BCUT2D eigenvalue weighted by Gasteiger charge is -2.05. The van der Waals surface area contributed by atoms with Crippen LogP contribution in [0.4, 0.5) is 14.5 Å². The molecule has 0 aliphatic rings. The molecule has 0 aliphatic heterocycles. The van der Waals surface area contributed by atoms with Gasteiger partial charge in [-0.3, -0.25) is 0 Å². The van der Waals surface area contributed by atoms with Crippen molar-refractivity contribution in [1.29, 1.82) is 0 Å². The van der Waals surface area contributed by atoms with E-state index in [-0.39, 0.29) is 11.3 Å². The number of hydrogen-bond acceptors (Lipinski definition) is 3. The van der Waals surface area contributed by atoms with Gasteiger partial charge in [-0.05, 0) is 6.07 Å². The average molecular weight is 231 g/mol. The molecule has 14 heavy (non-hydrogen) atoms. The number of rotatable bonds is 1. The number of fused-ring (bicyclic) bond motifs is 1. The van der Waals surface area contributed by atoms with Crippen molar-refractivity contribution in [2.24, 2.45) is 0 Å². The van der Waals surface area contributed by atoms with Gasteiger partial charge < -0.3 is 5.73 Å². The van der Waals surface area contributed by atoms with Crippen LogP contribution >= 0.6 is 24.0 Å². The molecule has 5 heteroatoms. The van der Waals surface area contributed by atoms with E-state index in [0.29, 0.717) is 9.60 Å². The summed E-state index contributed by atoms with van der Waals surface area (Å²) in [5.74, 6) is 0. The topological polar surface area (TPSA) is 26.0 Å². The molecule has 1 aromatic carbocycles. The first-order valence-corrected chi connectivity index (χ1v) is 5.20. The normalized spacial score (nSPS) is 11.4. The van der Waals surface area contributed by atoms with Crippen LogP contribution in [0.15, 0.2) is 22.4 Å². The number of benzene rings is 1. The van der Waals surface area contributed by atoms with Crippen LogP contribution in [0, 0.1) is 0 Å². The van der Waals surface area contributed by atoms with Crippen LogP contribution in [0.5, 0.6) is 0 Å². The van der Waals surface area contributed by atoms with E-state index in [1.165, 1.54) is 17.4 Å². The van der Waals surface area contributed by atoms with Crippen molar-refractivity contribution in [3.05, 3.63) is 23.1 Å². The van der Waals surface area contributed by atoms with Gasteiger partial charge in [-0.1, -0.05) is 6.07 Å². The van der Waals surface area contributed by atoms with Gasteiger partial charge in [0.1, 0.15) is 0 Å². The highest BCUT2D eigenvalue weighted by Gasteiger charge is 2.17. The summed E-state index contributed by atoms with van der Waals surface area (Å²) in [7, 11) is 0. The fraction of sp³-hybridized carbons (Fsp3) is 0.111. The second-order valence-electron chi connectivity index (χ2n) is 2.87. The third-order valence-corrected chi connectivity index (χ3v) is 3.59. The first kappa shape index (κ1) is 9.73. The summed E-state index contributed by atoms with van der Waals surface area (Å²) in [4.78, 5) is 0.715. The van der Waals surface area contributed by atoms with Gasteiger partial charge in [0.2, 0.25) is 0 Å². The Morgan fingerprint density at radius 2 is 2.07 bits per heavy atom. The molecule has 0 spiro atoms. The van der Waals surface area contributed by atoms with Gasteiger partial charge in [0.25, 0.3) is 6.43 Å². The highest BCUT2D eigenvalue weighted by Crippen LogP contribution is 2.38. The largest absolute Gasteiger partial charge is 0.398 e. The van der Waals surface area contributed by atoms with E-state index in [4.69, 9.17) is 5.73 Å². The molecule has 1 nitrogen and oxygen atoms in total. The van der Waals surface area contributed by atoms with E-state index in [9.17, 15) is 8.78 Å². The molecule has 2 rings (SSSR count). The number of halogens is 2. The van der Waals surface area contributed by atoms with Gasteiger partial charge in [-0.2, -0.15) is 0 Å². The maximum absolute atomic E-state index is 12.7. The smallest absolute Gasteiger partial charge is 0.267 e. The lowest BCUT2D eigenvalue weighted by atomic mass is 10.1. The van der Waals surface area contributed by atoms with Crippen molar-refractivity contribution < 1.29 is 8.78 Å². The summed E-state index contributed by atoms with van der Waals surface area (Å²) in [6.07, 6.45) is -2.54. The lowest BCUT2D eigenvalue weighted by molar-refractivity contribution is 0.154. The van der Waals surface area contributed by atoms with Gasteiger partial charge in [-0.15, -0.1) is 24.0 Å². The predicted octanol–water partition coefficient (Wildman–Crippen LogP) is 3.71. The lowest BCUT2D eigenvalue weighted by Crippen LogP contribution is -1.94. The van der Waals surface area contributed by atoms with Crippen LogP contribution < -0.4 is 5.73 Å². The fourth-order valence-electron chi connectivity index (χ4n) is 1.35. The predicted molar refractivity (Wildman–Crippen MR) is 58.4 cm³/mol. The number of alkyl halides is 2. The monoisotopic (exact) mass is 231 g/mol. The third kappa shape index (κ3) is 1.36. The Balaban J connectivity index is 2.83. The molecular weight excluding hydrogens is 224 g/mol. The molecule has 0 saturated heterocycles. The summed E-state index contributed by atoms with van der Waals surface area (Å²) < 4.78 is 25.9. The molecule has 0 amide bonds. The molecule has 0 unspecified atom stereocenters. The first-order chi connectivity index (χ1) is 6.61. The van der Waals surface area contributed by atoms with Crippen molar-refractivity contribution in [1.82, 2.24) is 0 Å². The molecule has 0 aliphatic carbocycles. The minimum atomic E-state index is -2.54. The van der Waals surface area contributed by atoms with E-state index in [1.807, 2.05) is 0 Å². The molecular formula is C9H7F2NS2. The first-order valence-electron chi connectivity index (χ1n) is 3.88. The van der Waals surface area contributed by atoms with Crippen LogP contribution in [-0.2, 0) is 0 Å². The quantitative estimate of drug-likeness (QED) is 0.568. The average Bonchev–Trinajstić information content (AvgIpc) is 2.47. The summed E-state index contributed by atoms with van der Waals surface area (Å²) in [6, 6.07) is 3.21. The van der Waals surface area contributed by atoms with Crippen molar-refractivity contribution in [3.63, 3.8) is 0 Å². The minimum Gasteiger partial charge on any atom is -0.398 e. The second-order valence-corrected chi connectivity index (χ2v) is 4.23. The van der Waals surface area contributed by atoms with Gasteiger partial charge >= 0.3 is 0 Å². The Morgan fingerprint density at radius 1 is 1.36 bits per heavy atom. The zero-order valence-electron chi connectivity index (χ0n) is 7.00. The molecule has 2 N–H and O–H groups in total. The summed E-state index contributed by atoms with van der Waals surface area (Å²) in [6.45, 7) is 0. The summed E-state index contributed by atoms with van der Waals surface area (Å²) >= 11 is 5.42. The molecule has 74 valence electrons. The van der Waals surface area contributed by atoms with Crippen molar-refractivity contribution in [2.75, 3.05) is 5.73 Å². The van der Waals surface area contributed by atoms with E-state index in [1.54, 1.807) is 11.4 Å². The van der Waals surface area contributed by atoms with Crippen LogP contribution in [-0.4, -0.2) is 0 Å². The maximum atomic E-state index is 12.7. The summed E-state index contributed by atoms with van der Waals surface area (Å²) in [5, 5.41) is 2.47. The van der Waals surface area contributed by atoms with E-state index in [0.717, 1.165) is 5.39 Å². The Bertz CT molecular complexity index is 479. The number of nitrogen functional groups attached to an aromatic ring is 1. The van der Waals surface area contributed by atoms with Crippen molar-refractivity contribution in [2.45, 2.75) is 11.3 Å². The third-order valence-electron chi connectivity index (χ3n) is 2.01. The number of hydrogen-bond donors (Lipinski definition) is 2. The summed E-state index contributed by atoms with van der Waals surface area (Å²) in [5.41, 5.74) is 5.56. The van der Waals surface area contributed by atoms with Crippen molar-refractivity contribution >= 4 is 39.7 Å². The SMILES string of the molecule is Nc1ccc2c(S)csc2c1C(F)F. The van der Waals surface area contributed by atoms with Crippen LogP contribution in [0.25, 0.3) is 10.1 Å². The van der Waals surface area contributed by atoms with E-state index < -0.39 is 6.43 Å². The Hall–Kier alpha value is -0.810. The van der Waals surface area contributed by atoms with E-state index >= 15 is 0 Å². The van der Waals surface area contributed by atoms with Gasteiger partial charge in [0, 0.05) is 26.0 Å². The number of thiol groups is 1. The highest BCUT2D eigenvalue weighted by atomic mass is 32.1. The highest BCUT2D eigenvalue weighted by molar-refractivity contribution is 7.80. The number of thiophene rings is 1. The number of anilines is 1. The van der Waals surface area contributed by atoms with Crippen LogP contribution in [0.3, 0.4) is 0 Å². The zero-order chi connectivity index (χ0) is 10.3. The van der Waals surface area contributed by atoms with E-state index in [2.05, 4.69) is 12.6 Å². The van der Waals surface area contributed by atoms with Gasteiger partial charge in [0.05, 0.1) is 5.56 Å². The molecule has 0 saturated carbocycles. The standard InChI is InChI=1S/C9H7F2NS2/c10-9(11)7-5(12)2-1-4-6(13)3-14-8(4)7/h1-3,9,13H,12H2. The molecule has 0 radical (unpaired) electrons. The van der Waals surface area contributed by atoms with Crippen LogP contribution in [0.2, 0.25) is 0 Å². The maximum Gasteiger partial charge on any atom is 0.267 e. The zero-order valence-corrected chi connectivity index (χ0v) is 8.71. The van der Waals surface area contributed by atoms with Gasteiger partial charge in [-0.25, -0.2) is 8.78 Å². The second kappa shape index (κ2) is 3.40. The molecule has 0 atom stereocenters. The minimum absolute atomic E-state index is 0.0761.